The van der Waals surface area contributed by atoms with Crippen LogP contribution in [0.4, 0.5) is 0 Å². The number of ether oxygens (including phenoxy) is 2. The summed E-state index contributed by atoms with van der Waals surface area (Å²) in [6, 6.07) is 10.8. The summed E-state index contributed by atoms with van der Waals surface area (Å²) >= 11 is 0. The molecule has 0 unspecified atom stereocenters. The number of carbonyl (C=O) groups is 2. The van der Waals surface area contributed by atoms with E-state index in [1.807, 2.05) is 0 Å². The van der Waals surface area contributed by atoms with Crippen LogP contribution < -0.4 is 20.2 Å². The fraction of sp³-hybridized carbons (Fsp3) is 0.318. The molecule has 176 valence electrons. The van der Waals surface area contributed by atoms with Gasteiger partial charge in [0.15, 0.2) is 11.5 Å². The number of nitrogens with one attached hydrogen (secondary N) is 2. The number of carbonyl (C=O) groups excluding carboxylic acids is 2. The number of benzene rings is 2. The van der Waals surface area contributed by atoms with Crippen LogP contribution in [0.25, 0.3) is 0 Å². The average molecular weight is 475 g/mol. The third-order valence-corrected chi connectivity index (χ3v) is 6.95. The Balaban J connectivity index is 1.50. The lowest BCUT2D eigenvalue weighted by molar-refractivity contribution is -0.120. The Morgan fingerprint density at radius 3 is 2.33 bits per heavy atom. The Morgan fingerprint density at radius 2 is 1.70 bits per heavy atom. The van der Waals surface area contributed by atoms with E-state index < -0.39 is 21.8 Å². The van der Waals surface area contributed by atoms with Crippen molar-refractivity contribution in [2.45, 2.75) is 17.7 Å². The van der Waals surface area contributed by atoms with Gasteiger partial charge in [-0.15, -0.1) is 0 Å². The predicted molar refractivity (Wildman–Crippen MR) is 122 cm³/mol. The number of nitrogens with zero attached hydrogens (tertiary/aromatic N) is 2. The number of methoxy groups -OCH3 is 2. The smallest absolute Gasteiger partial charge is 0.259 e. The molecular weight excluding hydrogens is 448 g/mol. The topological polar surface area (TPSA) is 126 Å². The van der Waals surface area contributed by atoms with E-state index in [9.17, 15) is 18.0 Å². The number of sulfonamides is 1. The Hall–Kier alpha value is -3.44. The van der Waals surface area contributed by atoms with E-state index in [4.69, 9.17) is 9.47 Å². The molecule has 0 aromatic heterocycles. The van der Waals surface area contributed by atoms with Crippen molar-refractivity contribution in [2.24, 2.45) is 5.10 Å². The molecule has 33 heavy (non-hydrogen) atoms. The zero-order valence-corrected chi connectivity index (χ0v) is 19.2. The number of hydrazone groups is 1. The molecule has 0 atom stereocenters. The summed E-state index contributed by atoms with van der Waals surface area (Å²) < 4.78 is 36.9. The van der Waals surface area contributed by atoms with E-state index in [1.54, 1.807) is 18.2 Å². The summed E-state index contributed by atoms with van der Waals surface area (Å²) in [5.74, 6) is 0.0785. The molecule has 2 N–H and O–H groups in total. The molecule has 0 aliphatic carbocycles. The highest BCUT2D eigenvalue weighted by Crippen LogP contribution is 2.26. The van der Waals surface area contributed by atoms with Gasteiger partial charge >= 0.3 is 0 Å². The van der Waals surface area contributed by atoms with Crippen molar-refractivity contribution in [2.75, 3.05) is 33.9 Å². The van der Waals surface area contributed by atoms with Gasteiger partial charge in [-0.25, -0.2) is 13.8 Å². The highest BCUT2D eigenvalue weighted by Gasteiger charge is 2.27. The van der Waals surface area contributed by atoms with Crippen LogP contribution in [0.3, 0.4) is 0 Å². The Morgan fingerprint density at radius 1 is 1.03 bits per heavy atom. The molecular formula is C22H26N4O6S. The monoisotopic (exact) mass is 474 g/mol. The van der Waals surface area contributed by atoms with Gasteiger partial charge in [-0.2, -0.15) is 9.41 Å². The fourth-order valence-corrected chi connectivity index (χ4v) is 4.79. The molecule has 0 radical (unpaired) electrons. The van der Waals surface area contributed by atoms with Crippen molar-refractivity contribution in [1.82, 2.24) is 15.0 Å². The quantitative estimate of drug-likeness (QED) is 0.418. The van der Waals surface area contributed by atoms with Crippen molar-refractivity contribution < 1.29 is 27.5 Å². The molecule has 2 amide bonds. The number of hydrogen-bond donors (Lipinski definition) is 2. The van der Waals surface area contributed by atoms with Crippen LogP contribution in [0.1, 0.15) is 28.8 Å². The second kappa shape index (κ2) is 10.9. The molecule has 0 saturated carbocycles. The Bertz CT molecular complexity index is 1130. The first-order valence-electron chi connectivity index (χ1n) is 10.3. The lowest BCUT2D eigenvalue weighted by atomic mass is 10.2. The minimum Gasteiger partial charge on any atom is -0.493 e. The first kappa shape index (κ1) is 24.2. The molecule has 0 bridgehead atoms. The van der Waals surface area contributed by atoms with Crippen LogP contribution in [0.2, 0.25) is 0 Å². The summed E-state index contributed by atoms with van der Waals surface area (Å²) in [6.45, 7) is 0.721. The average Bonchev–Trinajstić information content (AvgIpc) is 3.38. The summed E-state index contributed by atoms with van der Waals surface area (Å²) in [5, 5.41) is 6.33. The van der Waals surface area contributed by atoms with Crippen LogP contribution in [0.15, 0.2) is 52.5 Å². The van der Waals surface area contributed by atoms with Crippen molar-refractivity contribution in [3.63, 3.8) is 0 Å². The zero-order chi connectivity index (χ0) is 23.8. The van der Waals surface area contributed by atoms with Crippen molar-refractivity contribution in [1.29, 1.82) is 0 Å². The molecule has 1 heterocycles. The SMILES string of the molecule is COc1ccc(/C=N/NC(=O)CNC(=O)c2ccc(S(=O)(=O)N3CCCC3)cc2)cc1OC. The first-order chi connectivity index (χ1) is 15.8. The van der Waals surface area contributed by atoms with Crippen LogP contribution >= 0.6 is 0 Å². The first-order valence-corrected chi connectivity index (χ1v) is 11.7. The predicted octanol–water partition coefficient (Wildman–Crippen LogP) is 1.37. The number of hydrogen-bond acceptors (Lipinski definition) is 7. The normalized spacial score (nSPS) is 14.2. The summed E-state index contributed by atoms with van der Waals surface area (Å²) in [6.07, 6.45) is 3.13. The van der Waals surface area contributed by atoms with Gasteiger partial charge in [-0.1, -0.05) is 0 Å². The van der Waals surface area contributed by atoms with E-state index in [-0.39, 0.29) is 17.0 Å². The maximum atomic E-state index is 12.5. The van der Waals surface area contributed by atoms with Gasteiger partial charge in [0, 0.05) is 18.7 Å². The molecule has 1 fully saturated rings. The lowest BCUT2D eigenvalue weighted by Crippen LogP contribution is -2.35. The van der Waals surface area contributed by atoms with Crippen molar-refractivity contribution >= 4 is 28.1 Å². The third-order valence-electron chi connectivity index (χ3n) is 5.04. The van der Waals surface area contributed by atoms with E-state index in [0.29, 0.717) is 30.2 Å². The van der Waals surface area contributed by atoms with E-state index >= 15 is 0 Å². The standard InChI is InChI=1S/C22H26N4O6S/c1-31-19-10-5-16(13-20(19)32-2)14-24-25-21(27)15-23-22(28)17-6-8-18(9-7-17)33(29,30)26-11-3-4-12-26/h5-10,13-14H,3-4,11-12,15H2,1-2H3,(H,23,28)(H,25,27)/b24-14+. The lowest BCUT2D eigenvalue weighted by Gasteiger charge is -2.15. The number of amides is 2. The molecule has 1 saturated heterocycles. The molecule has 11 heteroatoms. The Labute approximate surface area is 192 Å². The van der Waals surface area contributed by atoms with Gasteiger partial charge in [-0.05, 0) is 60.9 Å². The van der Waals surface area contributed by atoms with Crippen molar-refractivity contribution in [3.8, 4) is 11.5 Å². The Kier molecular flexibility index (Phi) is 8.01. The summed E-state index contributed by atoms with van der Waals surface area (Å²) in [5.41, 5.74) is 3.25. The summed E-state index contributed by atoms with van der Waals surface area (Å²) in [7, 11) is -0.492. The highest BCUT2D eigenvalue weighted by molar-refractivity contribution is 7.89. The van der Waals surface area contributed by atoms with Gasteiger partial charge in [0.1, 0.15) is 0 Å². The molecule has 0 spiro atoms. The van der Waals surface area contributed by atoms with E-state index in [2.05, 4.69) is 15.8 Å². The molecule has 3 rings (SSSR count). The fourth-order valence-electron chi connectivity index (χ4n) is 3.27. The highest BCUT2D eigenvalue weighted by atomic mass is 32.2. The molecule has 2 aromatic rings. The second-order valence-electron chi connectivity index (χ2n) is 7.23. The second-order valence-corrected chi connectivity index (χ2v) is 9.16. The maximum absolute atomic E-state index is 12.5. The van der Waals surface area contributed by atoms with Crippen LogP contribution in [0, 0.1) is 0 Å². The summed E-state index contributed by atoms with van der Waals surface area (Å²) in [4.78, 5) is 24.4. The van der Waals surface area contributed by atoms with E-state index in [1.165, 1.54) is 49.0 Å². The van der Waals surface area contributed by atoms with Crippen LogP contribution in [0.5, 0.6) is 11.5 Å². The molecule has 10 nitrogen and oxygen atoms in total. The molecule has 1 aliphatic rings. The molecule has 1 aliphatic heterocycles. The third kappa shape index (κ3) is 6.08. The minimum atomic E-state index is -3.54. The largest absolute Gasteiger partial charge is 0.493 e. The van der Waals surface area contributed by atoms with Gasteiger partial charge in [0.2, 0.25) is 10.0 Å². The van der Waals surface area contributed by atoms with Gasteiger partial charge in [-0.3, -0.25) is 9.59 Å². The minimum absolute atomic E-state index is 0.142. The van der Waals surface area contributed by atoms with Crippen LogP contribution in [-0.4, -0.2) is 64.6 Å². The number of rotatable bonds is 9. The van der Waals surface area contributed by atoms with Gasteiger partial charge in [0.25, 0.3) is 11.8 Å². The van der Waals surface area contributed by atoms with Crippen LogP contribution in [-0.2, 0) is 14.8 Å². The maximum Gasteiger partial charge on any atom is 0.259 e. The van der Waals surface area contributed by atoms with E-state index in [0.717, 1.165) is 12.8 Å². The van der Waals surface area contributed by atoms with Crippen molar-refractivity contribution in [3.05, 3.63) is 53.6 Å². The van der Waals surface area contributed by atoms with Gasteiger partial charge < -0.3 is 14.8 Å². The molecule has 2 aromatic carbocycles. The van der Waals surface area contributed by atoms with Gasteiger partial charge in [0.05, 0.1) is 31.9 Å². The zero-order valence-electron chi connectivity index (χ0n) is 18.4.